The Bertz CT molecular complexity index is 582. The summed E-state index contributed by atoms with van der Waals surface area (Å²) in [6.45, 7) is 4.37. The van der Waals surface area contributed by atoms with Crippen molar-refractivity contribution < 1.29 is 5.11 Å². The number of hydrogen-bond acceptors (Lipinski definition) is 4. The lowest BCUT2D eigenvalue weighted by molar-refractivity contribution is 0.0848. The van der Waals surface area contributed by atoms with E-state index in [4.69, 9.17) is 4.98 Å². The molecule has 0 bridgehead atoms. The van der Waals surface area contributed by atoms with Gasteiger partial charge in [-0.15, -0.1) is 11.3 Å². The highest BCUT2D eigenvalue weighted by molar-refractivity contribution is 7.15. The first kappa shape index (κ1) is 14.7. The number of hydrogen-bond donors (Lipinski definition) is 1. The maximum atomic E-state index is 9.54. The molecule has 1 aliphatic heterocycles. The van der Waals surface area contributed by atoms with Crippen LogP contribution in [0.1, 0.15) is 29.8 Å². The van der Waals surface area contributed by atoms with E-state index in [0.29, 0.717) is 6.04 Å². The molecule has 1 saturated heterocycles. The molecule has 0 saturated carbocycles. The van der Waals surface area contributed by atoms with Gasteiger partial charge in [-0.25, -0.2) is 4.98 Å². The molecule has 2 heterocycles. The van der Waals surface area contributed by atoms with E-state index in [2.05, 4.69) is 36.1 Å². The second kappa shape index (κ2) is 6.69. The molecule has 1 aromatic heterocycles. The van der Waals surface area contributed by atoms with Crippen LogP contribution < -0.4 is 0 Å². The smallest absolute Gasteiger partial charge is 0.123 e. The zero-order valence-electron chi connectivity index (χ0n) is 12.5. The molecule has 0 spiro atoms. The molecule has 1 atom stereocenters. The van der Waals surface area contributed by atoms with Gasteiger partial charge in [-0.1, -0.05) is 36.8 Å². The number of thiazole rings is 1. The summed E-state index contributed by atoms with van der Waals surface area (Å²) in [5.74, 6) is 0. The van der Waals surface area contributed by atoms with Crippen LogP contribution in [0, 0.1) is 6.92 Å². The summed E-state index contributed by atoms with van der Waals surface area (Å²) in [6, 6.07) is 10.7. The monoisotopic (exact) mass is 302 g/mol. The minimum Gasteiger partial charge on any atom is -0.395 e. The molecule has 21 heavy (non-hydrogen) atoms. The molecule has 0 amide bonds. The average molecular weight is 302 g/mol. The van der Waals surface area contributed by atoms with E-state index in [1.807, 2.05) is 6.07 Å². The third kappa shape index (κ3) is 3.34. The van der Waals surface area contributed by atoms with E-state index >= 15 is 0 Å². The van der Waals surface area contributed by atoms with Gasteiger partial charge in [-0.2, -0.15) is 0 Å². The minimum atomic E-state index is 0.267. The van der Waals surface area contributed by atoms with Crippen molar-refractivity contribution in [1.29, 1.82) is 0 Å². The van der Waals surface area contributed by atoms with Crippen molar-refractivity contribution in [3.8, 4) is 10.6 Å². The molecule has 3 rings (SSSR count). The molecule has 1 aliphatic rings. The van der Waals surface area contributed by atoms with Gasteiger partial charge in [0.15, 0.2) is 0 Å². The largest absolute Gasteiger partial charge is 0.395 e. The Hall–Kier alpha value is -1.23. The fourth-order valence-electron chi connectivity index (χ4n) is 2.94. The molecular formula is C17H22N2OS. The van der Waals surface area contributed by atoms with Crippen LogP contribution in [0.15, 0.2) is 30.3 Å². The Morgan fingerprint density at radius 2 is 2.10 bits per heavy atom. The van der Waals surface area contributed by atoms with E-state index in [-0.39, 0.29) is 6.61 Å². The van der Waals surface area contributed by atoms with Crippen LogP contribution >= 0.6 is 11.3 Å². The maximum Gasteiger partial charge on any atom is 0.123 e. The van der Waals surface area contributed by atoms with Crippen molar-refractivity contribution in [2.24, 2.45) is 0 Å². The number of aromatic nitrogens is 1. The summed E-state index contributed by atoms with van der Waals surface area (Å²) < 4.78 is 0. The van der Waals surface area contributed by atoms with Gasteiger partial charge in [-0.05, 0) is 26.3 Å². The normalized spacial score (nSPS) is 19.8. The van der Waals surface area contributed by atoms with Crippen LogP contribution in [0.3, 0.4) is 0 Å². The Kier molecular flexibility index (Phi) is 4.68. The third-order valence-corrected chi connectivity index (χ3v) is 5.41. The number of nitrogens with zero attached hydrogens (tertiary/aromatic N) is 2. The summed E-state index contributed by atoms with van der Waals surface area (Å²) in [5.41, 5.74) is 2.32. The van der Waals surface area contributed by atoms with Gasteiger partial charge < -0.3 is 5.11 Å². The molecule has 1 unspecified atom stereocenters. The first-order valence-corrected chi connectivity index (χ1v) is 8.46. The van der Waals surface area contributed by atoms with Crippen molar-refractivity contribution >= 4 is 11.3 Å². The lowest BCUT2D eigenvalue weighted by Crippen LogP contribution is -2.41. The van der Waals surface area contributed by atoms with Crippen molar-refractivity contribution in [1.82, 2.24) is 9.88 Å². The van der Waals surface area contributed by atoms with Gasteiger partial charge in [0.2, 0.25) is 0 Å². The van der Waals surface area contributed by atoms with Gasteiger partial charge in [0, 0.05) is 23.0 Å². The topological polar surface area (TPSA) is 36.4 Å². The van der Waals surface area contributed by atoms with Gasteiger partial charge in [0.25, 0.3) is 0 Å². The van der Waals surface area contributed by atoms with Crippen molar-refractivity contribution in [2.75, 3.05) is 13.2 Å². The predicted molar refractivity (Wildman–Crippen MR) is 87.4 cm³/mol. The highest BCUT2D eigenvalue weighted by Gasteiger charge is 2.23. The second-order valence-electron chi connectivity index (χ2n) is 5.70. The van der Waals surface area contributed by atoms with Crippen LogP contribution in [0.4, 0.5) is 0 Å². The van der Waals surface area contributed by atoms with Crippen molar-refractivity contribution in [3.63, 3.8) is 0 Å². The quantitative estimate of drug-likeness (QED) is 0.939. The summed E-state index contributed by atoms with van der Waals surface area (Å²) in [5, 5.41) is 10.6. The van der Waals surface area contributed by atoms with E-state index in [0.717, 1.165) is 30.2 Å². The Morgan fingerprint density at radius 3 is 2.86 bits per heavy atom. The molecule has 4 heteroatoms. The minimum absolute atomic E-state index is 0.267. The van der Waals surface area contributed by atoms with Crippen LogP contribution in [-0.2, 0) is 6.54 Å². The number of benzene rings is 1. The molecular weight excluding hydrogens is 280 g/mol. The number of aryl methyl sites for hydroxylation is 1. The number of rotatable bonds is 4. The second-order valence-corrected chi connectivity index (χ2v) is 6.78. The molecule has 0 radical (unpaired) electrons. The lowest BCUT2D eigenvalue weighted by Gasteiger charge is -2.34. The number of aliphatic hydroxyl groups is 1. The van der Waals surface area contributed by atoms with E-state index in [1.165, 1.54) is 23.3 Å². The molecule has 2 aromatic rings. The highest BCUT2D eigenvalue weighted by Crippen LogP contribution is 2.30. The van der Waals surface area contributed by atoms with E-state index in [9.17, 15) is 5.11 Å². The van der Waals surface area contributed by atoms with Crippen LogP contribution in [0.5, 0.6) is 0 Å². The highest BCUT2D eigenvalue weighted by atomic mass is 32.1. The predicted octanol–water partition coefficient (Wildman–Crippen LogP) is 3.47. The maximum absolute atomic E-state index is 9.54. The molecule has 112 valence electrons. The lowest BCUT2D eigenvalue weighted by atomic mass is 10.0. The van der Waals surface area contributed by atoms with E-state index in [1.54, 1.807) is 11.3 Å². The number of aliphatic hydroxyl groups excluding tert-OH is 1. The van der Waals surface area contributed by atoms with E-state index < -0.39 is 0 Å². The molecule has 1 fully saturated rings. The van der Waals surface area contributed by atoms with Gasteiger partial charge in [0.05, 0.1) is 12.3 Å². The van der Waals surface area contributed by atoms with Gasteiger partial charge in [0.1, 0.15) is 5.01 Å². The molecule has 0 aliphatic carbocycles. The first-order chi connectivity index (χ1) is 10.3. The Balaban J connectivity index is 1.78. The van der Waals surface area contributed by atoms with Gasteiger partial charge >= 0.3 is 0 Å². The fourth-order valence-corrected chi connectivity index (χ4v) is 4.03. The first-order valence-electron chi connectivity index (χ1n) is 7.64. The number of piperidine rings is 1. The third-order valence-electron chi connectivity index (χ3n) is 4.22. The summed E-state index contributed by atoms with van der Waals surface area (Å²) >= 11 is 1.78. The van der Waals surface area contributed by atoms with Crippen LogP contribution in [0.2, 0.25) is 0 Å². The standard InChI is InChI=1S/C17H22N2OS/c1-13-16(11-19-10-6-5-9-15(19)12-20)21-17(18-13)14-7-3-2-4-8-14/h2-4,7-8,15,20H,5-6,9-12H2,1H3. The zero-order chi connectivity index (χ0) is 14.7. The van der Waals surface area contributed by atoms with Crippen LogP contribution in [-0.4, -0.2) is 34.2 Å². The Morgan fingerprint density at radius 1 is 1.29 bits per heavy atom. The molecule has 1 N–H and O–H groups in total. The summed E-state index contributed by atoms with van der Waals surface area (Å²) in [6.07, 6.45) is 3.58. The summed E-state index contributed by atoms with van der Waals surface area (Å²) in [4.78, 5) is 8.47. The van der Waals surface area contributed by atoms with Crippen LogP contribution in [0.25, 0.3) is 10.6 Å². The molecule has 1 aromatic carbocycles. The fraction of sp³-hybridized carbons (Fsp3) is 0.471. The van der Waals surface area contributed by atoms with Gasteiger partial charge in [-0.3, -0.25) is 4.90 Å². The Labute approximate surface area is 130 Å². The average Bonchev–Trinajstić information content (AvgIpc) is 2.90. The van der Waals surface area contributed by atoms with Crippen molar-refractivity contribution in [2.45, 2.75) is 38.8 Å². The molecule has 3 nitrogen and oxygen atoms in total. The van der Waals surface area contributed by atoms with Crippen molar-refractivity contribution in [3.05, 3.63) is 40.9 Å². The SMILES string of the molecule is Cc1nc(-c2ccccc2)sc1CN1CCCCC1CO. The number of likely N-dealkylation sites (tertiary alicyclic amines) is 1. The summed E-state index contributed by atoms with van der Waals surface area (Å²) in [7, 11) is 0. The zero-order valence-corrected chi connectivity index (χ0v) is 13.3.